The monoisotopic (exact) mass is 1380 g/mol. The van der Waals surface area contributed by atoms with Gasteiger partial charge in [-0.3, -0.25) is 4.79 Å². The van der Waals surface area contributed by atoms with Crippen molar-refractivity contribution < 1.29 is 64.6 Å². The predicted octanol–water partition coefficient (Wildman–Crippen LogP) is 18.7. The summed E-state index contributed by atoms with van der Waals surface area (Å²) in [4.78, 5) is 13.4. The highest BCUT2D eigenvalue weighted by Crippen LogP contribution is 2.30. The number of nitrogens with one attached hydrogen (secondary N) is 1. The average molecular weight is 1380 g/mol. The van der Waals surface area contributed by atoms with Crippen LogP contribution in [0.3, 0.4) is 0 Å². The second-order valence-corrected chi connectivity index (χ2v) is 28.5. The number of carbonyl (C=O) groups excluding carboxylic acids is 1. The van der Waals surface area contributed by atoms with Crippen LogP contribution in [0.25, 0.3) is 0 Å². The third kappa shape index (κ3) is 49.7. The molecular weight excluding hydrogens is 1230 g/mol. The number of amides is 1. The molecule has 9 N–H and O–H groups in total. The molecule has 0 radical (unpaired) electrons. The Bertz CT molecular complexity index is 1970. The fourth-order valence-electron chi connectivity index (χ4n) is 13.2. The fraction of sp³-hybridized carbons (Fsp3) is 0.821. The Morgan fingerprint density at radius 3 is 1.08 bits per heavy atom. The first kappa shape index (κ1) is 91.3. The molecule has 2 heterocycles. The molecule has 2 saturated heterocycles. The van der Waals surface area contributed by atoms with E-state index in [1.165, 1.54) is 218 Å². The Balaban J connectivity index is 1.61. The second kappa shape index (κ2) is 67.4. The minimum atomic E-state index is -1.79. The van der Waals surface area contributed by atoms with E-state index in [4.69, 9.17) is 18.9 Å². The van der Waals surface area contributed by atoms with Gasteiger partial charge in [0.1, 0.15) is 48.8 Å². The standard InChI is InChI=1S/C84H151NO13/c1-3-5-7-9-11-13-15-17-19-21-23-25-27-29-31-33-35-36-38-39-41-43-45-47-49-51-53-55-57-59-61-63-65-67-73(88)72(71-95-83-81(94)79(92)82(75(70-87)97-83)98-84-80(93)78(91)77(90)74(69-86)96-84)85-76(89)68-66-64-62-60-58-56-54-52-50-48-46-44-42-40-37-34-32-30-28-26-24-22-20-18-16-14-12-10-8-6-4-2/h6,8,12,14,18,20,24,26,30,32,37,40,44,46,72-75,77-84,86-88,90-94H,3-5,7,9-11,13,15-17,19,21-23,25,27-29,31,33-36,38-39,41-43,45,47-71H2,1-2H3,(H,85,89)/b8-6-,14-12-,20-18-,26-24-,32-30-,40-37-,46-44-. The van der Waals surface area contributed by atoms with Crippen LogP contribution in [0.4, 0.5) is 0 Å². The summed E-state index contributed by atoms with van der Waals surface area (Å²) >= 11 is 0. The molecule has 0 aliphatic carbocycles. The quantitative estimate of drug-likeness (QED) is 0.0204. The third-order valence-corrected chi connectivity index (χ3v) is 19.6. The molecule has 1 amide bonds. The van der Waals surface area contributed by atoms with Crippen molar-refractivity contribution in [2.24, 2.45) is 0 Å². The number of hydrogen-bond donors (Lipinski definition) is 9. The SMILES string of the molecule is CC/C=C\C/C=C\C/C=C\C/C=C\C/C=C\C/C=C\C/C=C\CCCCCCCCCCCC(=O)NC(COC1OC(CO)C(OC2OC(CO)C(O)C(O)C2O)C(O)C1O)C(O)CCCCCCCCCCCCCCCCCCCCCCCCCCCCCCCCCCC. The molecule has 0 spiro atoms. The van der Waals surface area contributed by atoms with Gasteiger partial charge in [-0.05, 0) is 70.6 Å². The van der Waals surface area contributed by atoms with Gasteiger partial charge in [0.25, 0.3) is 0 Å². The van der Waals surface area contributed by atoms with E-state index in [2.05, 4.69) is 104 Å². The van der Waals surface area contributed by atoms with Crippen LogP contribution in [0.15, 0.2) is 85.1 Å². The van der Waals surface area contributed by atoms with Gasteiger partial charge in [-0.25, -0.2) is 0 Å². The van der Waals surface area contributed by atoms with Crippen molar-refractivity contribution in [1.29, 1.82) is 0 Å². The molecule has 0 saturated carbocycles. The smallest absolute Gasteiger partial charge is 0.220 e. The summed E-state index contributed by atoms with van der Waals surface area (Å²) in [6, 6.07) is -0.840. The van der Waals surface area contributed by atoms with Crippen molar-refractivity contribution in [2.75, 3.05) is 19.8 Å². The van der Waals surface area contributed by atoms with Crippen LogP contribution in [0.1, 0.15) is 348 Å². The number of hydrogen-bond acceptors (Lipinski definition) is 13. The lowest BCUT2D eigenvalue weighted by molar-refractivity contribution is -0.359. The highest BCUT2D eigenvalue weighted by molar-refractivity contribution is 5.76. The molecular formula is C84H151NO13. The summed E-state index contributed by atoms with van der Waals surface area (Å²) < 4.78 is 23.0. The van der Waals surface area contributed by atoms with Gasteiger partial charge < -0.3 is 65.1 Å². The first-order chi connectivity index (χ1) is 48.1. The van der Waals surface area contributed by atoms with Crippen LogP contribution >= 0.6 is 0 Å². The molecule has 2 aliphatic rings. The van der Waals surface area contributed by atoms with Crippen molar-refractivity contribution in [2.45, 2.75) is 421 Å². The van der Waals surface area contributed by atoms with E-state index in [1.807, 2.05) is 0 Å². The molecule has 2 rings (SSSR count). The fourth-order valence-corrected chi connectivity index (χ4v) is 13.2. The largest absolute Gasteiger partial charge is 0.394 e. The van der Waals surface area contributed by atoms with Crippen LogP contribution in [0, 0.1) is 0 Å². The van der Waals surface area contributed by atoms with Crippen LogP contribution in [-0.4, -0.2) is 140 Å². The van der Waals surface area contributed by atoms with Crippen LogP contribution in [-0.2, 0) is 23.7 Å². The topological polar surface area (TPSA) is 228 Å². The second-order valence-electron chi connectivity index (χ2n) is 28.5. The van der Waals surface area contributed by atoms with Crippen molar-refractivity contribution >= 4 is 5.91 Å². The molecule has 0 aromatic rings. The normalized spacial score (nSPS) is 22.5. The van der Waals surface area contributed by atoms with Crippen molar-refractivity contribution in [3.8, 4) is 0 Å². The zero-order valence-electron chi connectivity index (χ0n) is 62.5. The zero-order valence-corrected chi connectivity index (χ0v) is 62.5. The number of ether oxygens (including phenoxy) is 4. The maximum atomic E-state index is 13.4. The summed E-state index contributed by atoms with van der Waals surface area (Å²) in [6.07, 6.45) is 77.6. The molecule has 0 aromatic carbocycles. The first-order valence-corrected chi connectivity index (χ1v) is 40.8. The number of rotatable bonds is 68. The average Bonchev–Trinajstić information content (AvgIpc) is 0.793. The van der Waals surface area contributed by atoms with Crippen molar-refractivity contribution in [1.82, 2.24) is 5.32 Å². The minimum absolute atomic E-state index is 0.211. The van der Waals surface area contributed by atoms with E-state index >= 15 is 0 Å². The Morgan fingerprint density at radius 1 is 0.378 bits per heavy atom. The molecule has 2 aliphatic heterocycles. The van der Waals surface area contributed by atoms with Gasteiger partial charge in [-0.15, -0.1) is 0 Å². The van der Waals surface area contributed by atoms with Gasteiger partial charge in [-0.1, -0.05) is 356 Å². The number of carbonyl (C=O) groups is 1. The van der Waals surface area contributed by atoms with E-state index in [0.29, 0.717) is 19.3 Å². The van der Waals surface area contributed by atoms with Gasteiger partial charge in [0, 0.05) is 6.42 Å². The molecule has 12 atom stereocenters. The van der Waals surface area contributed by atoms with E-state index in [-0.39, 0.29) is 12.5 Å². The lowest BCUT2D eigenvalue weighted by atomic mass is 9.97. The molecule has 0 bridgehead atoms. The van der Waals surface area contributed by atoms with Gasteiger partial charge in [0.05, 0.1) is 32.0 Å². The first-order valence-electron chi connectivity index (χ1n) is 40.8. The Labute approximate surface area is 599 Å². The Kier molecular flexibility index (Phi) is 62.7. The lowest BCUT2D eigenvalue weighted by Gasteiger charge is -2.46. The minimum Gasteiger partial charge on any atom is -0.394 e. The molecule has 14 heteroatoms. The summed E-state index contributed by atoms with van der Waals surface area (Å²) in [5.74, 6) is -0.211. The van der Waals surface area contributed by atoms with E-state index < -0.39 is 86.8 Å². The summed E-state index contributed by atoms with van der Waals surface area (Å²) in [5.41, 5.74) is 0. The van der Waals surface area contributed by atoms with Crippen LogP contribution in [0.5, 0.6) is 0 Å². The molecule has 98 heavy (non-hydrogen) atoms. The van der Waals surface area contributed by atoms with Crippen LogP contribution < -0.4 is 5.32 Å². The summed E-state index contributed by atoms with van der Waals surface area (Å²) in [6.45, 7) is 2.79. The molecule has 12 unspecified atom stereocenters. The van der Waals surface area contributed by atoms with E-state index in [0.717, 1.165) is 96.3 Å². The maximum absolute atomic E-state index is 13.4. The molecule has 2 fully saturated rings. The lowest BCUT2D eigenvalue weighted by Crippen LogP contribution is -2.65. The highest BCUT2D eigenvalue weighted by atomic mass is 16.7. The highest BCUT2D eigenvalue weighted by Gasteiger charge is 2.51. The number of aliphatic hydroxyl groups is 8. The van der Waals surface area contributed by atoms with E-state index in [1.54, 1.807) is 0 Å². The third-order valence-electron chi connectivity index (χ3n) is 19.6. The zero-order chi connectivity index (χ0) is 70.8. The molecule has 14 nitrogen and oxygen atoms in total. The predicted molar refractivity (Wildman–Crippen MR) is 406 cm³/mol. The van der Waals surface area contributed by atoms with Gasteiger partial charge in [0.2, 0.25) is 5.91 Å². The van der Waals surface area contributed by atoms with Gasteiger partial charge >= 0.3 is 0 Å². The Morgan fingerprint density at radius 2 is 0.704 bits per heavy atom. The summed E-state index contributed by atoms with van der Waals surface area (Å²) in [7, 11) is 0. The van der Waals surface area contributed by atoms with Gasteiger partial charge in [0.15, 0.2) is 12.6 Å². The van der Waals surface area contributed by atoms with Crippen LogP contribution in [0.2, 0.25) is 0 Å². The summed E-state index contributed by atoms with van der Waals surface area (Å²) in [5, 5.41) is 87.9. The Hall–Kier alpha value is -2.83. The number of aliphatic hydroxyl groups excluding tert-OH is 8. The molecule has 0 aromatic heterocycles. The maximum Gasteiger partial charge on any atom is 0.220 e. The van der Waals surface area contributed by atoms with Crippen molar-refractivity contribution in [3.05, 3.63) is 85.1 Å². The van der Waals surface area contributed by atoms with Gasteiger partial charge in [-0.2, -0.15) is 0 Å². The number of unbranched alkanes of at least 4 members (excludes halogenated alkanes) is 41. The number of allylic oxidation sites excluding steroid dienone is 14. The van der Waals surface area contributed by atoms with Crippen molar-refractivity contribution in [3.63, 3.8) is 0 Å². The molecule has 570 valence electrons. The van der Waals surface area contributed by atoms with E-state index in [9.17, 15) is 45.6 Å².